The smallest absolute Gasteiger partial charge is 0.231 e. The summed E-state index contributed by atoms with van der Waals surface area (Å²) in [7, 11) is -0.202. The highest BCUT2D eigenvalue weighted by Crippen LogP contribution is 2.01. The first-order valence-electron chi connectivity index (χ1n) is 1.80. The second kappa shape index (κ2) is 4.68. The van der Waals surface area contributed by atoms with E-state index in [0.29, 0.717) is 0 Å². The molecule has 0 aliphatic rings. The fourth-order valence-corrected chi connectivity index (χ4v) is 0.156. The number of amides is 1. The molecule has 4 N–H and O–H groups in total. The van der Waals surface area contributed by atoms with Crippen LogP contribution in [0, 0.1) is 0 Å². The summed E-state index contributed by atoms with van der Waals surface area (Å²) in [5.41, 5.74) is 4.16. The maximum absolute atomic E-state index is 9.95. The molecule has 5 heteroatoms. The minimum absolute atomic E-state index is 0. The molecule has 0 aromatic carbocycles. The molecular formula is C3H8NO3P. The average molecular weight is 137 g/mol. The van der Waals surface area contributed by atoms with Crippen molar-refractivity contribution in [2.24, 2.45) is 5.73 Å². The zero-order chi connectivity index (χ0) is 5.86. The van der Waals surface area contributed by atoms with Crippen molar-refractivity contribution in [2.45, 2.75) is 12.6 Å². The molecule has 0 saturated heterocycles. The molecular weight excluding hydrogens is 129 g/mol. The number of hydrogen-bond acceptors (Lipinski definition) is 2. The van der Waals surface area contributed by atoms with Gasteiger partial charge in [0.2, 0.25) is 5.91 Å². The predicted octanol–water partition coefficient (Wildman–Crippen LogP) is -0.673. The lowest BCUT2D eigenvalue weighted by atomic mass is 10.5. The molecule has 1 amide bonds. The average Bonchev–Trinajstić information content (AvgIpc) is 1.65. The van der Waals surface area contributed by atoms with Gasteiger partial charge in [0.1, 0.15) is 5.66 Å². The maximum atomic E-state index is 9.95. The Morgan fingerprint density at radius 2 is 2.12 bits per heavy atom. The van der Waals surface area contributed by atoms with Crippen molar-refractivity contribution in [3.63, 3.8) is 0 Å². The highest BCUT2D eigenvalue weighted by Gasteiger charge is 2.05. The molecule has 1 atom stereocenters. The van der Waals surface area contributed by atoms with Crippen molar-refractivity contribution in [1.29, 1.82) is 0 Å². The molecule has 0 saturated carbocycles. The van der Waals surface area contributed by atoms with Crippen molar-refractivity contribution in [3.05, 3.63) is 0 Å². The molecule has 0 aromatic rings. The molecule has 48 valence electrons. The van der Waals surface area contributed by atoms with Gasteiger partial charge in [0.15, 0.2) is 8.46 Å². The molecule has 4 nitrogen and oxygen atoms in total. The third-order valence-corrected chi connectivity index (χ3v) is 1.14. The molecule has 0 aliphatic carbocycles. The van der Waals surface area contributed by atoms with Crippen LogP contribution in [-0.4, -0.2) is 17.0 Å². The van der Waals surface area contributed by atoms with E-state index in [1.54, 1.807) is 0 Å². The topological polar surface area (TPSA) is 91.7 Å². The van der Waals surface area contributed by atoms with Gasteiger partial charge in [-0.05, 0) is 6.92 Å². The second-order valence-corrected chi connectivity index (χ2v) is 2.17. The predicted molar refractivity (Wildman–Crippen MR) is 29.9 cm³/mol. The minimum Gasteiger partial charge on any atom is -0.412 e. The van der Waals surface area contributed by atoms with E-state index < -0.39 is 11.6 Å². The van der Waals surface area contributed by atoms with Crippen LogP contribution in [0.15, 0.2) is 0 Å². The van der Waals surface area contributed by atoms with Gasteiger partial charge in [-0.3, -0.25) is 9.36 Å². The Balaban J connectivity index is 0. The summed E-state index contributed by atoms with van der Waals surface area (Å²) in [4.78, 5) is 9.95. The number of carbonyl (C=O) groups excluding carboxylic acids is 1. The first-order chi connectivity index (χ1) is 3.18. The van der Waals surface area contributed by atoms with Crippen LogP contribution < -0.4 is 5.73 Å². The van der Waals surface area contributed by atoms with E-state index in [-0.39, 0.29) is 13.9 Å². The van der Waals surface area contributed by atoms with Crippen LogP contribution in [0.3, 0.4) is 0 Å². The van der Waals surface area contributed by atoms with Gasteiger partial charge in [-0.2, -0.15) is 0 Å². The van der Waals surface area contributed by atoms with Crippen LogP contribution >= 0.6 is 8.46 Å². The van der Waals surface area contributed by atoms with Gasteiger partial charge in [0, 0.05) is 0 Å². The summed E-state index contributed by atoms with van der Waals surface area (Å²) in [5, 5.41) is 0. The Labute approximate surface area is 48.6 Å². The van der Waals surface area contributed by atoms with E-state index in [4.69, 9.17) is 5.73 Å². The highest BCUT2D eigenvalue weighted by atomic mass is 31.1. The lowest BCUT2D eigenvalue weighted by Gasteiger charge is -1.88. The Morgan fingerprint density at radius 1 is 1.75 bits per heavy atom. The molecule has 8 heavy (non-hydrogen) atoms. The third kappa shape index (κ3) is 3.71. The number of nitrogens with two attached hydrogens (primary N) is 1. The van der Waals surface area contributed by atoms with Crippen LogP contribution in [0.1, 0.15) is 6.92 Å². The first-order valence-corrected chi connectivity index (χ1v) is 2.68. The Kier molecular flexibility index (Phi) is 6.15. The Hall–Kier alpha value is -0.470. The molecule has 0 spiro atoms. The summed E-state index contributed by atoms with van der Waals surface area (Å²) >= 11 is 0. The van der Waals surface area contributed by atoms with Crippen molar-refractivity contribution in [3.8, 4) is 0 Å². The zero-order valence-electron chi connectivity index (χ0n) is 4.42. The lowest BCUT2D eigenvalue weighted by Crippen LogP contribution is -2.20. The lowest BCUT2D eigenvalue weighted by molar-refractivity contribution is -0.117. The quantitative estimate of drug-likeness (QED) is 0.511. The van der Waals surface area contributed by atoms with Gasteiger partial charge in [-0.15, -0.1) is 0 Å². The summed E-state index contributed by atoms with van der Waals surface area (Å²) in [6.45, 7) is 1.50. The summed E-state index contributed by atoms with van der Waals surface area (Å²) in [5.74, 6) is -0.531. The summed E-state index contributed by atoms with van der Waals surface area (Å²) in [6.07, 6.45) is 0. The molecule has 0 bridgehead atoms. The van der Waals surface area contributed by atoms with E-state index in [0.717, 1.165) is 0 Å². The van der Waals surface area contributed by atoms with Gasteiger partial charge in [0.05, 0.1) is 0 Å². The number of rotatable bonds is 2. The van der Waals surface area contributed by atoms with E-state index in [9.17, 15) is 9.36 Å². The second-order valence-electron chi connectivity index (χ2n) is 1.18. The maximum Gasteiger partial charge on any atom is 0.231 e. The van der Waals surface area contributed by atoms with Crippen molar-refractivity contribution in [1.82, 2.24) is 0 Å². The van der Waals surface area contributed by atoms with E-state index in [2.05, 4.69) is 0 Å². The Morgan fingerprint density at radius 3 is 2.12 bits per heavy atom. The van der Waals surface area contributed by atoms with Crippen LogP contribution in [0.4, 0.5) is 0 Å². The number of hydrogen-bond donors (Lipinski definition) is 1. The molecule has 1 unspecified atom stereocenters. The van der Waals surface area contributed by atoms with Crippen molar-refractivity contribution >= 4 is 14.4 Å². The SMILES string of the molecule is CC(P=O)C(N)=O.O. The van der Waals surface area contributed by atoms with Gasteiger partial charge < -0.3 is 11.2 Å². The molecule has 0 rings (SSSR count). The third-order valence-electron chi connectivity index (χ3n) is 0.570. The van der Waals surface area contributed by atoms with Gasteiger partial charge in [-0.25, -0.2) is 0 Å². The molecule has 0 radical (unpaired) electrons. The number of carbonyl (C=O) groups is 1. The molecule has 0 aromatic heterocycles. The van der Waals surface area contributed by atoms with E-state index >= 15 is 0 Å². The zero-order valence-corrected chi connectivity index (χ0v) is 5.31. The fourth-order valence-electron chi connectivity index (χ4n) is 0.0519. The minimum atomic E-state index is -0.542. The van der Waals surface area contributed by atoms with Crippen LogP contribution in [0.2, 0.25) is 0 Å². The van der Waals surface area contributed by atoms with E-state index in [1.165, 1.54) is 6.92 Å². The normalized spacial score (nSPS) is 12.1. The molecule has 0 heterocycles. The highest BCUT2D eigenvalue weighted by molar-refractivity contribution is 7.26. The summed E-state index contributed by atoms with van der Waals surface area (Å²) < 4.78 is 9.74. The standard InChI is InChI=1S/C3H6NO2P.H2O/c1-2(7-6)3(4)5;/h2H,1H3,(H2,4,5);1H2. The van der Waals surface area contributed by atoms with Gasteiger partial charge >= 0.3 is 0 Å². The number of primary amides is 1. The van der Waals surface area contributed by atoms with Crippen molar-refractivity contribution in [2.75, 3.05) is 0 Å². The first kappa shape index (κ1) is 10.5. The summed E-state index contributed by atoms with van der Waals surface area (Å²) in [6, 6.07) is 0. The van der Waals surface area contributed by atoms with Gasteiger partial charge in [0.25, 0.3) is 0 Å². The molecule has 0 fully saturated rings. The van der Waals surface area contributed by atoms with Crippen molar-refractivity contribution < 1.29 is 14.8 Å². The fraction of sp³-hybridized carbons (Fsp3) is 0.667. The van der Waals surface area contributed by atoms with Crippen LogP contribution in [0.5, 0.6) is 0 Å². The van der Waals surface area contributed by atoms with Gasteiger partial charge in [-0.1, -0.05) is 0 Å². The Bertz CT molecular complexity index is 94.5. The van der Waals surface area contributed by atoms with Crippen LogP contribution in [-0.2, 0) is 9.36 Å². The monoisotopic (exact) mass is 137 g/mol. The van der Waals surface area contributed by atoms with E-state index in [1.807, 2.05) is 0 Å². The largest absolute Gasteiger partial charge is 0.412 e. The molecule has 0 aliphatic heterocycles. The van der Waals surface area contributed by atoms with Crippen LogP contribution in [0.25, 0.3) is 0 Å².